The summed E-state index contributed by atoms with van der Waals surface area (Å²) < 4.78 is 0. The number of amides is 1. The molecule has 1 fully saturated rings. The predicted molar refractivity (Wildman–Crippen MR) is 104 cm³/mol. The lowest BCUT2D eigenvalue weighted by atomic mass is 9.96. The minimum Gasteiger partial charge on any atom is -0.369 e. The van der Waals surface area contributed by atoms with Crippen molar-refractivity contribution in [2.75, 3.05) is 28.6 Å². The van der Waals surface area contributed by atoms with Crippen LogP contribution in [0.1, 0.15) is 24.6 Å². The van der Waals surface area contributed by atoms with Gasteiger partial charge in [-0.3, -0.25) is 9.69 Å². The highest BCUT2D eigenvalue weighted by molar-refractivity contribution is 6.42. The number of nitrogens with zero attached hydrogens (tertiary/aromatic N) is 1. The molecular formula is C18H20Cl2N5O+. The number of aromatic amines is 1. The van der Waals surface area contributed by atoms with Crippen LogP contribution in [0.5, 0.6) is 0 Å². The number of carbonyl (C=O) groups excluding carboxylic acids is 1. The second-order valence-electron chi connectivity index (χ2n) is 6.67. The van der Waals surface area contributed by atoms with Crippen molar-refractivity contribution in [3.63, 3.8) is 0 Å². The van der Waals surface area contributed by atoms with Crippen molar-refractivity contribution in [1.29, 1.82) is 0 Å². The molecule has 0 radical (unpaired) electrons. The van der Waals surface area contributed by atoms with Crippen molar-refractivity contribution in [3.8, 4) is 0 Å². The Morgan fingerprint density at radius 2 is 1.77 bits per heavy atom. The van der Waals surface area contributed by atoms with Gasteiger partial charge in [-0.05, 0) is 37.1 Å². The van der Waals surface area contributed by atoms with Gasteiger partial charge in [-0.25, -0.2) is 4.98 Å². The molecule has 8 heteroatoms. The Morgan fingerprint density at radius 3 is 2.35 bits per heavy atom. The van der Waals surface area contributed by atoms with Crippen LogP contribution in [0.2, 0.25) is 10.0 Å². The third kappa shape index (κ3) is 3.15. The maximum atomic E-state index is 11.4. The molecule has 3 heterocycles. The molecule has 0 aliphatic carbocycles. The van der Waals surface area contributed by atoms with E-state index in [9.17, 15) is 4.79 Å². The van der Waals surface area contributed by atoms with Gasteiger partial charge in [0.2, 0.25) is 5.91 Å². The highest BCUT2D eigenvalue weighted by Crippen LogP contribution is 2.41. The van der Waals surface area contributed by atoms with Gasteiger partial charge >= 0.3 is 0 Å². The van der Waals surface area contributed by atoms with Crippen LogP contribution in [0.4, 0.5) is 17.2 Å². The topological polar surface area (TPSA) is 84.5 Å². The standard InChI is InChI=1S/C18H19Cl2N5O/c19-12-8-14-15(9-13(12)20)24-17(23-14)11-2-1-5-22-18(11)25-6-3-10(4-7-25)16(21)26/h1-2,5,8-10,17,23-24H,3-4,6-7H2,(H2,21,26)/p+1. The maximum Gasteiger partial charge on any atom is 0.281 e. The van der Waals surface area contributed by atoms with Crippen LogP contribution in [-0.2, 0) is 4.79 Å². The molecular weight excluding hydrogens is 373 g/mol. The fourth-order valence-electron chi connectivity index (χ4n) is 3.62. The first-order valence-corrected chi connectivity index (χ1v) is 9.35. The molecule has 2 aliphatic heterocycles. The number of nitrogens with one attached hydrogen (secondary N) is 3. The lowest BCUT2D eigenvalue weighted by Gasteiger charge is -2.27. The summed E-state index contributed by atoms with van der Waals surface area (Å²) in [5.41, 5.74) is 8.38. The SMILES string of the molecule is NC(=O)C1CCN(c2[nH+]cccc2C2Nc3cc(Cl)c(Cl)cc3N2)CC1. The van der Waals surface area contributed by atoms with Gasteiger partial charge in [-0.15, -0.1) is 0 Å². The van der Waals surface area contributed by atoms with Gasteiger partial charge in [0.05, 0.1) is 46.3 Å². The number of pyridine rings is 1. The molecule has 26 heavy (non-hydrogen) atoms. The smallest absolute Gasteiger partial charge is 0.281 e. The van der Waals surface area contributed by atoms with Crippen molar-refractivity contribution in [1.82, 2.24) is 0 Å². The van der Waals surface area contributed by atoms with Crippen LogP contribution < -0.4 is 26.3 Å². The van der Waals surface area contributed by atoms with Crippen LogP contribution in [0.3, 0.4) is 0 Å². The van der Waals surface area contributed by atoms with E-state index in [1.54, 1.807) is 0 Å². The summed E-state index contributed by atoms with van der Waals surface area (Å²) in [4.78, 5) is 17.0. The molecule has 0 unspecified atom stereocenters. The van der Waals surface area contributed by atoms with Gasteiger partial charge in [-0.1, -0.05) is 23.2 Å². The van der Waals surface area contributed by atoms with Crippen LogP contribution in [-0.4, -0.2) is 19.0 Å². The van der Waals surface area contributed by atoms with Gasteiger partial charge in [0.1, 0.15) is 6.17 Å². The minimum atomic E-state index is -0.203. The molecule has 1 aromatic heterocycles. The zero-order valence-electron chi connectivity index (χ0n) is 14.1. The second-order valence-corrected chi connectivity index (χ2v) is 7.49. The molecule has 0 saturated carbocycles. The Bertz CT molecular complexity index is 820. The molecule has 2 aromatic rings. The van der Waals surface area contributed by atoms with E-state index < -0.39 is 0 Å². The molecule has 6 nitrogen and oxygen atoms in total. The van der Waals surface area contributed by atoms with Crippen molar-refractivity contribution in [2.24, 2.45) is 11.7 Å². The number of hydrogen-bond acceptors (Lipinski definition) is 4. The summed E-state index contributed by atoms with van der Waals surface area (Å²) in [6, 6.07) is 7.71. The van der Waals surface area contributed by atoms with E-state index >= 15 is 0 Å². The van der Waals surface area contributed by atoms with Crippen LogP contribution in [0, 0.1) is 5.92 Å². The number of carbonyl (C=O) groups is 1. The van der Waals surface area contributed by atoms with Crippen molar-refractivity contribution < 1.29 is 9.78 Å². The number of piperidine rings is 1. The van der Waals surface area contributed by atoms with Gasteiger partial charge in [-0.2, -0.15) is 0 Å². The number of rotatable bonds is 3. The van der Waals surface area contributed by atoms with Crippen molar-refractivity contribution in [3.05, 3.63) is 46.1 Å². The van der Waals surface area contributed by atoms with Gasteiger partial charge in [0.25, 0.3) is 5.82 Å². The Labute approximate surface area is 161 Å². The van der Waals surface area contributed by atoms with E-state index in [2.05, 4.69) is 26.6 Å². The first-order valence-electron chi connectivity index (χ1n) is 8.60. The normalized spacial score (nSPS) is 17.5. The zero-order chi connectivity index (χ0) is 18.3. The Kier molecular flexibility index (Phi) is 4.54. The molecule has 0 bridgehead atoms. The molecule has 1 aromatic carbocycles. The van der Waals surface area contributed by atoms with E-state index in [0.29, 0.717) is 10.0 Å². The third-order valence-corrected chi connectivity index (χ3v) is 5.77. The number of fused-ring (bicyclic) bond motifs is 1. The fraction of sp³-hybridized carbons (Fsp3) is 0.333. The van der Waals surface area contributed by atoms with E-state index in [1.165, 1.54) is 0 Å². The number of primary amides is 1. The molecule has 0 atom stereocenters. The summed E-state index contributed by atoms with van der Waals surface area (Å²) in [5.74, 6) is 0.797. The summed E-state index contributed by atoms with van der Waals surface area (Å²) in [6.45, 7) is 1.58. The Balaban J connectivity index is 1.57. The Hall–Kier alpha value is -2.18. The number of H-pyrrole nitrogens is 1. The fourth-order valence-corrected chi connectivity index (χ4v) is 3.95. The average molecular weight is 393 g/mol. The molecule has 4 rings (SSSR count). The Morgan fingerprint density at radius 1 is 1.15 bits per heavy atom. The molecule has 0 spiro atoms. The zero-order valence-corrected chi connectivity index (χ0v) is 15.6. The van der Waals surface area contributed by atoms with Crippen LogP contribution in [0.15, 0.2) is 30.5 Å². The summed E-state index contributed by atoms with van der Waals surface area (Å²) in [5, 5.41) is 7.94. The van der Waals surface area contributed by atoms with Gasteiger partial charge in [0.15, 0.2) is 0 Å². The molecule has 2 aliphatic rings. The molecule has 1 amide bonds. The lowest BCUT2D eigenvalue weighted by Crippen LogP contribution is -2.41. The largest absolute Gasteiger partial charge is 0.369 e. The molecule has 1 saturated heterocycles. The van der Waals surface area contributed by atoms with Crippen LogP contribution in [0.25, 0.3) is 0 Å². The van der Waals surface area contributed by atoms with Crippen molar-refractivity contribution in [2.45, 2.75) is 19.0 Å². The quantitative estimate of drug-likeness (QED) is 0.749. The monoisotopic (exact) mass is 392 g/mol. The summed E-state index contributed by atoms with van der Waals surface area (Å²) in [7, 11) is 0. The number of nitrogens with two attached hydrogens (primary N) is 1. The highest BCUT2D eigenvalue weighted by atomic mass is 35.5. The first kappa shape index (κ1) is 17.2. The van der Waals surface area contributed by atoms with Gasteiger partial charge < -0.3 is 16.4 Å². The van der Waals surface area contributed by atoms with Crippen LogP contribution >= 0.6 is 23.2 Å². The van der Waals surface area contributed by atoms with Gasteiger partial charge in [0, 0.05) is 5.92 Å². The average Bonchev–Trinajstić information content (AvgIpc) is 3.05. The van der Waals surface area contributed by atoms with E-state index in [0.717, 1.165) is 48.7 Å². The minimum absolute atomic E-state index is 0.0327. The number of halogens is 2. The maximum absolute atomic E-state index is 11.4. The highest BCUT2D eigenvalue weighted by Gasteiger charge is 2.33. The van der Waals surface area contributed by atoms with E-state index in [4.69, 9.17) is 28.9 Å². The first-order chi connectivity index (χ1) is 12.5. The summed E-state index contributed by atoms with van der Waals surface area (Å²) in [6.07, 6.45) is 3.36. The molecule has 136 valence electrons. The lowest BCUT2D eigenvalue weighted by molar-refractivity contribution is -0.365. The molecule has 5 N–H and O–H groups in total. The number of anilines is 3. The summed E-state index contributed by atoms with van der Waals surface area (Å²) >= 11 is 12.3. The predicted octanol–water partition coefficient (Wildman–Crippen LogP) is 3.05. The third-order valence-electron chi connectivity index (χ3n) is 5.05. The second kappa shape index (κ2) is 6.85. The van der Waals surface area contributed by atoms with E-state index in [-0.39, 0.29) is 18.0 Å². The number of hydrogen-bond donors (Lipinski definition) is 3. The van der Waals surface area contributed by atoms with Crippen molar-refractivity contribution >= 4 is 46.3 Å². The number of benzene rings is 1. The number of aromatic nitrogens is 1. The van der Waals surface area contributed by atoms with E-state index in [1.807, 2.05) is 24.4 Å².